The molecule has 0 aromatic heterocycles. The first-order valence-corrected chi connectivity index (χ1v) is 12.3. The molecule has 0 heterocycles. The summed E-state index contributed by atoms with van der Waals surface area (Å²) in [5, 5.41) is 4.03. The van der Waals surface area contributed by atoms with Gasteiger partial charge in [-0.3, -0.25) is 9.59 Å². The first kappa shape index (κ1) is 26.2. The van der Waals surface area contributed by atoms with Gasteiger partial charge in [0.15, 0.2) is 11.5 Å². The highest BCUT2D eigenvalue weighted by Gasteiger charge is 2.29. The van der Waals surface area contributed by atoms with Crippen molar-refractivity contribution in [3.05, 3.63) is 57.6 Å². The van der Waals surface area contributed by atoms with Crippen molar-refractivity contribution in [3.8, 4) is 11.5 Å². The number of aryl methyl sites for hydroxylation is 1. The zero-order chi connectivity index (χ0) is 24.7. The Balaban J connectivity index is 1.77. The number of ether oxygens (including phenoxy) is 2. The topological polar surface area (TPSA) is 67.9 Å². The average molecular weight is 507 g/mol. The summed E-state index contributed by atoms with van der Waals surface area (Å²) >= 11 is 12.8. The minimum Gasteiger partial charge on any atom is -0.493 e. The first-order chi connectivity index (χ1) is 16.3. The molecule has 1 atom stereocenters. The zero-order valence-electron chi connectivity index (χ0n) is 19.9. The number of nitrogens with one attached hydrogen (secondary N) is 1. The van der Waals surface area contributed by atoms with Gasteiger partial charge in [0, 0.05) is 34.6 Å². The van der Waals surface area contributed by atoms with E-state index in [2.05, 4.69) is 5.32 Å². The molecule has 6 nitrogen and oxygen atoms in total. The third kappa shape index (κ3) is 6.57. The summed E-state index contributed by atoms with van der Waals surface area (Å²) in [6, 6.07) is 10.3. The lowest BCUT2D eigenvalue weighted by Gasteiger charge is -2.30. The van der Waals surface area contributed by atoms with E-state index in [9.17, 15) is 9.59 Å². The first-order valence-electron chi connectivity index (χ1n) is 11.6. The fourth-order valence-corrected chi connectivity index (χ4v) is 4.78. The molecular formula is C26H32Cl2N2O4. The van der Waals surface area contributed by atoms with Crippen LogP contribution in [0.1, 0.15) is 50.2 Å². The molecule has 1 aliphatic rings. The standard InChI is InChI=1S/C26H32Cl2N2O4/c1-17(26(32)29-19-7-4-5-8-19)30(16-20-21(27)9-6-10-22(20)28)25(31)14-12-18-11-13-23(33-2)24(15-18)34-3/h6,9-11,13,15,17,19H,4-5,7-8,12,14,16H2,1-3H3,(H,29,32)/t17-/m1/s1. The molecule has 8 heteroatoms. The third-order valence-electron chi connectivity index (χ3n) is 6.33. The smallest absolute Gasteiger partial charge is 0.242 e. The quantitative estimate of drug-likeness (QED) is 0.467. The monoisotopic (exact) mass is 506 g/mol. The number of halogens is 2. The number of nitrogens with zero attached hydrogens (tertiary/aromatic N) is 1. The van der Waals surface area contributed by atoms with Crippen molar-refractivity contribution in [2.24, 2.45) is 0 Å². The van der Waals surface area contributed by atoms with E-state index >= 15 is 0 Å². The van der Waals surface area contributed by atoms with Gasteiger partial charge in [-0.05, 0) is 56.0 Å². The van der Waals surface area contributed by atoms with E-state index in [1.54, 1.807) is 44.2 Å². The van der Waals surface area contributed by atoms with Crippen molar-refractivity contribution < 1.29 is 19.1 Å². The van der Waals surface area contributed by atoms with Gasteiger partial charge in [-0.1, -0.05) is 48.2 Å². The van der Waals surface area contributed by atoms with Crippen molar-refractivity contribution in [2.75, 3.05) is 14.2 Å². The normalized spacial score (nSPS) is 14.5. The molecule has 0 aliphatic heterocycles. The summed E-state index contributed by atoms with van der Waals surface area (Å²) in [6.45, 7) is 1.91. The maximum absolute atomic E-state index is 13.4. The second-order valence-corrected chi connectivity index (χ2v) is 9.39. The molecule has 0 unspecified atom stereocenters. The number of hydrogen-bond donors (Lipinski definition) is 1. The lowest BCUT2D eigenvalue weighted by molar-refractivity contribution is -0.140. The zero-order valence-corrected chi connectivity index (χ0v) is 21.4. The molecule has 184 valence electrons. The molecule has 1 aliphatic carbocycles. The summed E-state index contributed by atoms with van der Waals surface area (Å²) < 4.78 is 10.7. The van der Waals surface area contributed by atoms with Crippen LogP contribution in [-0.2, 0) is 22.6 Å². The van der Waals surface area contributed by atoms with Crippen molar-refractivity contribution in [3.63, 3.8) is 0 Å². The Morgan fingerprint density at radius 2 is 1.71 bits per heavy atom. The Morgan fingerprint density at radius 3 is 2.32 bits per heavy atom. The lowest BCUT2D eigenvalue weighted by atomic mass is 10.1. The number of methoxy groups -OCH3 is 2. The number of benzene rings is 2. The SMILES string of the molecule is COc1ccc(CCC(=O)N(Cc2c(Cl)cccc2Cl)[C@H](C)C(=O)NC2CCCC2)cc1OC. The van der Waals surface area contributed by atoms with Crippen LogP contribution in [0, 0.1) is 0 Å². The van der Waals surface area contributed by atoms with E-state index in [1.807, 2.05) is 18.2 Å². The van der Waals surface area contributed by atoms with Gasteiger partial charge in [0.1, 0.15) is 6.04 Å². The molecular weight excluding hydrogens is 475 g/mol. The highest BCUT2D eigenvalue weighted by molar-refractivity contribution is 6.36. The number of hydrogen-bond acceptors (Lipinski definition) is 4. The molecule has 2 aromatic rings. The summed E-state index contributed by atoms with van der Waals surface area (Å²) in [5.74, 6) is 0.927. The van der Waals surface area contributed by atoms with E-state index in [0.29, 0.717) is 33.5 Å². The van der Waals surface area contributed by atoms with E-state index in [1.165, 1.54) is 0 Å². The molecule has 34 heavy (non-hydrogen) atoms. The molecule has 0 bridgehead atoms. The summed E-state index contributed by atoms with van der Waals surface area (Å²) in [7, 11) is 3.16. The second-order valence-electron chi connectivity index (χ2n) is 8.58. The average Bonchev–Trinajstić information content (AvgIpc) is 3.34. The molecule has 1 N–H and O–H groups in total. The second kappa shape index (κ2) is 12.3. The molecule has 2 amide bonds. The van der Waals surface area contributed by atoms with Crippen LogP contribution in [0.5, 0.6) is 11.5 Å². The van der Waals surface area contributed by atoms with Crippen LogP contribution in [-0.4, -0.2) is 43.0 Å². The van der Waals surface area contributed by atoms with Gasteiger partial charge in [-0.15, -0.1) is 0 Å². The Hall–Kier alpha value is -2.44. The minimum absolute atomic E-state index is 0.153. The highest BCUT2D eigenvalue weighted by atomic mass is 35.5. The van der Waals surface area contributed by atoms with Crippen molar-refractivity contribution in [1.82, 2.24) is 10.2 Å². The van der Waals surface area contributed by atoms with Gasteiger partial charge in [0.25, 0.3) is 0 Å². The lowest BCUT2D eigenvalue weighted by Crippen LogP contribution is -2.49. The largest absolute Gasteiger partial charge is 0.493 e. The fourth-order valence-electron chi connectivity index (χ4n) is 4.26. The van der Waals surface area contributed by atoms with Crippen LogP contribution in [0.3, 0.4) is 0 Å². The Bertz CT molecular complexity index is 988. The van der Waals surface area contributed by atoms with Gasteiger partial charge >= 0.3 is 0 Å². The molecule has 3 rings (SSSR count). The van der Waals surface area contributed by atoms with Crippen molar-refractivity contribution >= 4 is 35.0 Å². The van der Waals surface area contributed by atoms with Gasteiger partial charge < -0.3 is 19.7 Å². The Labute approximate surface area is 211 Å². The molecule has 0 saturated heterocycles. The predicted octanol–water partition coefficient (Wildman–Crippen LogP) is 5.42. The maximum Gasteiger partial charge on any atom is 0.242 e. The van der Waals surface area contributed by atoms with E-state index in [0.717, 1.165) is 31.2 Å². The van der Waals surface area contributed by atoms with Crippen LogP contribution in [0.25, 0.3) is 0 Å². The Kier molecular flexibility index (Phi) is 9.48. The molecule has 1 saturated carbocycles. The van der Waals surface area contributed by atoms with E-state index in [-0.39, 0.29) is 30.8 Å². The molecule has 1 fully saturated rings. The number of carbonyl (C=O) groups is 2. The van der Waals surface area contributed by atoms with E-state index < -0.39 is 6.04 Å². The summed E-state index contributed by atoms with van der Waals surface area (Å²) in [4.78, 5) is 28.0. The van der Waals surface area contributed by atoms with E-state index in [4.69, 9.17) is 32.7 Å². The third-order valence-corrected chi connectivity index (χ3v) is 7.04. The summed E-state index contributed by atoms with van der Waals surface area (Å²) in [5.41, 5.74) is 1.57. The predicted molar refractivity (Wildman–Crippen MR) is 135 cm³/mol. The van der Waals surface area contributed by atoms with Crippen molar-refractivity contribution in [1.29, 1.82) is 0 Å². The van der Waals surface area contributed by atoms with Crippen LogP contribution in [0.4, 0.5) is 0 Å². The van der Waals surface area contributed by atoms with Crippen LogP contribution >= 0.6 is 23.2 Å². The molecule has 0 spiro atoms. The summed E-state index contributed by atoms with van der Waals surface area (Å²) in [6.07, 6.45) is 4.89. The number of rotatable bonds is 10. The molecule has 0 radical (unpaired) electrons. The highest BCUT2D eigenvalue weighted by Crippen LogP contribution is 2.29. The Morgan fingerprint density at radius 1 is 1.06 bits per heavy atom. The minimum atomic E-state index is -0.661. The van der Waals surface area contributed by atoms with Crippen LogP contribution in [0.15, 0.2) is 36.4 Å². The van der Waals surface area contributed by atoms with Gasteiger partial charge in [0.05, 0.1) is 14.2 Å². The fraction of sp³-hybridized carbons (Fsp3) is 0.462. The van der Waals surface area contributed by atoms with Gasteiger partial charge in [0.2, 0.25) is 11.8 Å². The number of amides is 2. The van der Waals surface area contributed by atoms with Gasteiger partial charge in [-0.25, -0.2) is 0 Å². The maximum atomic E-state index is 13.4. The van der Waals surface area contributed by atoms with Crippen LogP contribution < -0.4 is 14.8 Å². The van der Waals surface area contributed by atoms with Crippen molar-refractivity contribution in [2.45, 2.75) is 64.1 Å². The number of carbonyl (C=O) groups excluding carboxylic acids is 2. The molecule has 2 aromatic carbocycles. The van der Waals surface area contributed by atoms with Crippen LogP contribution in [0.2, 0.25) is 10.0 Å². The van der Waals surface area contributed by atoms with Gasteiger partial charge in [-0.2, -0.15) is 0 Å².